The van der Waals surface area contributed by atoms with Gasteiger partial charge in [0, 0.05) is 62.1 Å². The van der Waals surface area contributed by atoms with Crippen molar-refractivity contribution in [3.63, 3.8) is 0 Å². The molecule has 0 saturated carbocycles. The van der Waals surface area contributed by atoms with E-state index in [0.29, 0.717) is 26.1 Å². The Kier molecular flexibility index (Phi) is 6.49. The normalized spacial score (nSPS) is 25.3. The molecule has 11 heteroatoms. The second kappa shape index (κ2) is 8.72. The fourth-order valence-corrected chi connectivity index (χ4v) is 4.71. The van der Waals surface area contributed by atoms with Gasteiger partial charge >= 0.3 is 0 Å². The molecule has 10 nitrogen and oxygen atoms in total. The first-order valence-corrected chi connectivity index (χ1v) is 11.6. The third-order valence-electron chi connectivity index (χ3n) is 5.24. The summed E-state index contributed by atoms with van der Waals surface area (Å²) in [6.07, 6.45) is 6.54. The lowest BCUT2D eigenvalue weighted by Gasteiger charge is -2.42. The lowest BCUT2D eigenvalue weighted by molar-refractivity contribution is -0.144. The zero-order chi connectivity index (χ0) is 21.2. The average Bonchev–Trinajstić information content (AvgIpc) is 3.02. The summed E-state index contributed by atoms with van der Waals surface area (Å²) in [4.78, 5) is 37.1. The average molecular weight is 425 g/mol. The van der Waals surface area contributed by atoms with Crippen molar-refractivity contribution in [2.45, 2.75) is 44.9 Å². The van der Waals surface area contributed by atoms with Crippen LogP contribution in [0.15, 0.2) is 18.7 Å². The molecule has 0 unspecified atom stereocenters. The van der Waals surface area contributed by atoms with Gasteiger partial charge in [-0.1, -0.05) is 13.8 Å². The van der Waals surface area contributed by atoms with Gasteiger partial charge in [-0.15, -0.1) is 0 Å². The third-order valence-corrected chi connectivity index (χ3v) is 6.00. The first-order chi connectivity index (χ1) is 13.6. The van der Waals surface area contributed by atoms with Crippen molar-refractivity contribution in [1.82, 2.24) is 29.8 Å². The zero-order valence-corrected chi connectivity index (χ0v) is 17.7. The Morgan fingerprint density at radius 1 is 1.28 bits per heavy atom. The van der Waals surface area contributed by atoms with E-state index >= 15 is 0 Å². The first-order valence-electron chi connectivity index (χ1n) is 9.67. The molecule has 1 aromatic heterocycles. The van der Waals surface area contributed by atoms with Crippen molar-refractivity contribution < 1.29 is 18.0 Å². The summed E-state index contributed by atoms with van der Waals surface area (Å²) in [6.45, 7) is 5.21. The van der Waals surface area contributed by atoms with Crippen molar-refractivity contribution in [2.24, 2.45) is 5.92 Å². The smallest absolute Gasteiger partial charge is 0.242 e. The van der Waals surface area contributed by atoms with Crippen LogP contribution in [-0.2, 0) is 26.2 Å². The lowest BCUT2D eigenvalue weighted by atomic mass is 10.0. The first kappa shape index (κ1) is 21.6. The van der Waals surface area contributed by atoms with E-state index in [9.17, 15) is 18.0 Å². The number of sulfonamides is 1. The van der Waals surface area contributed by atoms with Crippen LogP contribution in [0.4, 0.5) is 0 Å². The van der Waals surface area contributed by atoms with E-state index in [2.05, 4.69) is 20.0 Å². The highest BCUT2D eigenvalue weighted by atomic mass is 32.2. The van der Waals surface area contributed by atoms with E-state index < -0.39 is 16.1 Å². The van der Waals surface area contributed by atoms with Crippen molar-refractivity contribution in [3.8, 4) is 0 Å². The van der Waals surface area contributed by atoms with E-state index in [-0.39, 0.29) is 36.4 Å². The maximum atomic E-state index is 13.2. The largest absolute Gasteiger partial charge is 0.354 e. The van der Waals surface area contributed by atoms with Gasteiger partial charge in [-0.2, -0.15) is 0 Å². The van der Waals surface area contributed by atoms with Crippen LogP contribution in [0.2, 0.25) is 0 Å². The van der Waals surface area contributed by atoms with Crippen LogP contribution < -0.4 is 10.0 Å². The Bertz CT molecular complexity index is 847. The molecular weight excluding hydrogens is 396 g/mol. The SMILES string of the molecule is CC(C)C(=O)NC[C@H]1C(=O)N2C[C@@H](NS(C)(=O)=O)C[C@H]2CN1Cc1cncnc1. The van der Waals surface area contributed by atoms with Crippen molar-refractivity contribution >= 4 is 21.8 Å². The minimum Gasteiger partial charge on any atom is -0.354 e. The molecule has 2 aliphatic rings. The second-order valence-electron chi connectivity index (χ2n) is 8.06. The number of nitrogens with zero attached hydrogens (tertiary/aromatic N) is 4. The summed E-state index contributed by atoms with van der Waals surface area (Å²) in [6, 6.07) is -0.903. The molecule has 2 fully saturated rings. The van der Waals surface area contributed by atoms with Crippen LogP contribution in [-0.4, -0.2) is 84.0 Å². The number of amides is 2. The molecular formula is C18H28N6O4S. The van der Waals surface area contributed by atoms with Gasteiger partial charge in [0.1, 0.15) is 12.4 Å². The molecule has 3 heterocycles. The predicted molar refractivity (Wildman–Crippen MR) is 106 cm³/mol. The molecule has 2 aliphatic heterocycles. The topological polar surface area (TPSA) is 125 Å². The molecule has 2 saturated heterocycles. The number of hydrogen-bond acceptors (Lipinski definition) is 7. The Labute approximate surface area is 171 Å². The summed E-state index contributed by atoms with van der Waals surface area (Å²) < 4.78 is 25.8. The maximum Gasteiger partial charge on any atom is 0.242 e. The van der Waals surface area contributed by atoms with Crippen molar-refractivity contribution in [3.05, 3.63) is 24.3 Å². The molecule has 0 bridgehead atoms. The molecule has 160 valence electrons. The Morgan fingerprint density at radius 3 is 2.59 bits per heavy atom. The van der Waals surface area contributed by atoms with Gasteiger partial charge in [0.15, 0.2) is 0 Å². The van der Waals surface area contributed by atoms with Crippen LogP contribution >= 0.6 is 0 Å². The molecule has 2 N–H and O–H groups in total. The lowest BCUT2D eigenvalue weighted by Crippen LogP contribution is -2.62. The molecule has 1 aromatic rings. The summed E-state index contributed by atoms with van der Waals surface area (Å²) >= 11 is 0. The van der Waals surface area contributed by atoms with Gasteiger partial charge in [-0.3, -0.25) is 14.5 Å². The number of aromatic nitrogens is 2. The monoisotopic (exact) mass is 424 g/mol. The molecule has 2 amide bonds. The number of carbonyl (C=O) groups is 2. The molecule has 0 aromatic carbocycles. The number of hydrogen-bond donors (Lipinski definition) is 2. The van der Waals surface area contributed by atoms with Gasteiger partial charge in [0.05, 0.1) is 6.26 Å². The standard InChI is InChI=1S/C18H28N6O4S/c1-12(2)17(25)21-7-16-18(26)24-9-14(22-29(3,27)28)4-15(24)10-23(16)8-13-5-19-11-20-6-13/h5-6,11-12,14-16,22H,4,7-10H2,1-3H3,(H,21,25)/t14-,15-,16-/m0/s1. The van der Waals surface area contributed by atoms with Crippen LogP contribution in [0.5, 0.6) is 0 Å². The maximum absolute atomic E-state index is 13.2. The highest BCUT2D eigenvalue weighted by Crippen LogP contribution is 2.27. The van der Waals surface area contributed by atoms with E-state index in [0.717, 1.165) is 11.8 Å². The van der Waals surface area contributed by atoms with Crippen LogP contribution in [0.25, 0.3) is 0 Å². The highest BCUT2D eigenvalue weighted by molar-refractivity contribution is 7.88. The zero-order valence-electron chi connectivity index (χ0n) is 16.9. The van der Waals surface area contributed by atoms with Gasteiger partial charge in [-0.25, -0.2) is 23.1 Å². The summed E-state index contributed by atoms with van der Waals surface area (Å²) in [5.41, 5.74) is 0.873. The molecule has 3 rings (SSSR count). The number of carbonyl (C=O) groups excluding carboxylic acids is 2. The molecule has 3 atom stereocenters. The molecule has 0 aliphatic carbocycles. The second-order valence-corrected chi connectivity index (χ2v) is 9.84. The van der Waals surface area contributed by atoms with Crippen LogP contribution in [0.1, 0.15) is 25.8 Å². The highest BCUT2D eigenvalue weighted by Gasteiger charge is 2.45. The number of rotatable bonds is 7. The minimum absolute atomic E-state index is 0.0802. The van der Waals surface area contributed by atoms with Crippen molar-refractivity contribution in [1.29, 1.82) is 0 Å². The fourth-order valence-electron chi connectivity index (χ4n) is 3.93. The summed E-state index contributed by atoms with van der Waals surface area (Å²) in [7, 11) is -3.35. The fraction of sp³-hybridized carbons (Fsp3) is 0.667. The predicted octanol–water partition coefficient (Wildman–Crippen LogP) is -1.05. The molecule has 29 heavy (non-hydrogen) atoms. The number of piperazine rings is 1. The quantitative estimate of drug-likeness (QED) is 0.572. The Balaban J connectivity index is 1.77. The molecule has 0 spiro atoms. The number of fused-ring (bicyclic) bond motifs is 1. The van der Waals surface area contributed by atoms with E-state index in [1.807, 2.05) is 4.90 Å². The molecule has 0 radical (unpaired) electrons. The van der Waals surface area contributed by atoms with E-state index in [1.165, 1.54) is 6.33 Å². The summed E-state index contributed by atoms with van der Waals surface area (Å²) in [5.74, 6) is -0.381. The third kappa shape index (κ3) is 5.49. The van der Waals surface area contributed by atoms with Crippen LogP contribution in [0.3, 0.4) is 0 Å². The van der Waals surface area contributed by atoms with Gasteiger partial charge in [0.25, 0.3) is 0 Å². The Hall–Kier alpha value is -2.11. The van der Waals surface area contributed by atoms with E-state index in [4.69, 9.17) is 0 Å². The summed E-state index contributed by atoms with van der Waals surface area (Å²) in [5, 5.41) is 2.86. The van der Waals surface area contributed by atoms with Crippen LogP contribution in [0, 0.1) is 5.92 Å². The van der Waals surface area contributed by atoms with Crippen molar-refractivity contribution in [2.75, 3.05) is 25.9 Å². The van der Waals surface area contributed by atoms with E-state index in [1.54, 1.807) is 31.1 Å². The van der Waals surface area contributed by atoms with Gasteiger partial charge in [0.2, 0.25) is 21.8 Å². The van der Waals surface area contributed by atoms with Gasteiger partial charge < -0.3 is 10.2 Å². The Morgan fingerprint density at radius 2 is 1.97 bits per heavy atom. The number of nitrogens with one attached hydrogen (secondary N) is 2. The van der Waals surface area contributed by atoms with Gasteiger partial charge in [-0.05, 0) is 6.42 Å². The minimum atomic E-state index is -3.35.